The number of hydrogen-bond acceptors (Lipinski definition) is 5. The Morgan fingerprint density at radius 2 is 1.89 bits per heavy atom. The van der Waals surface area contributed by atoms with Crippen molar-refractivity contribution in [1.29, 1.82) is 0 Å². The van der Waals surface area contributed by atoms with Crippen molar-refractivity contribution in [3.63, 3.8) is 0 Å². The monoisotopic (exact) mass is 418 g/mol. The van der Waals surface area contributed by atoms with Gasteiger partial charge >= 0.3 is 12.0 Å². The predicted octanol–water partition coefficient (Wildman–Crippen LogP) is 3.11. The molecule has 0 aromatic rings. The zero-order valence-electron chi connectivity index (χ0n) is 15.9. The van der Waals surface area contributed by atoms with Crippen LogP contribution in [-0.4, -0.2) is 52.7 Å². The first-order chi connectivity index (χ1) is 12.6. The van der Waals surface area contributed by atoms with E-state index in [0.29, 0.717) is 17.8 Å². The van der Waals surface area contributed by atoms with E-state index in [4.69, 9.17) is 10.2 Å². The Morgan fingerprint density at radius 1 is 1.22 bits per heavy atom. The number of piperidine rings is 1. The lowest BCUT2D eigenvalue weighted by atomic mass is 9.80. The maximum atomic E-state index is 12.3. The van der Waals surface area contributed by atoms with Gasteiger partial charge in [0.1, 0.15) is 5.37 Å². The van der Waals surface area contributed by atoms with Crippen molar-refractivity contribution >= 4 is 41.2 Å². The summed E-state index contributed by atoms with van der Waals surface area (Å²) in [5.41, 5.74) is 0. The number of amides is 2. The fourth-order valence-electron chi connectivity index (χ4n) is 4.26. The van der Waals surface area contributed by atoms with Gasteiger partial charge in [-0.05, 0) is 69.9 Å². The molecular formula is C18H31ClN4O3S. The quantitative estimate of drug-likeness (QED) is 0.637. The largest absolute Gasteiger partial charge is 0.481 e. The van der Waals surface area contributed by atoms with E-state index in [2.05, 4.69) is 10.6 Å². The molecule has 154 valence electrons. The van der Waals surface area contributed by atoms with Crippen molar-refractivity contribution in [1.82, 2.24) is 15.6 Å². The summed E-state index contributed by atoms with van der Waals surface area (Å²) in [5, 5.41) is 22.6. The molecule has 0 radical (unpaired) electrons. The standard InChI is InChI=1S/C18H30N4O3S.ClH/c1-19-18(25)22-17(14-8-10-20-11-9-14)26-16(21-22)13-5-2-12(3-6-13)4-7-15(23)24;/h12-14,17,20H,2-11H2,1H3,(H,19,25)(H,23,24);1H/t12-,13-,17?;. The average Bonchev–Trinajstić information content (AvgIpc) is 3.12. The summed E-state index contributed by atoms with van der Waals surface area (Å²) in [6.07, 6.45) is 7.45. The van der Waals surface area contributed by atoms with Gasteiger partial charge in [0, 0.05) is 19.4 Å². The molecule has 0 aromatic heterocycles. The molecule has 0 spiro atoms. The molecule has 1 saturated heterocycles. The minimum atomic E-state index is -0.700. The summed E-state index contributed by atoms with van der Waals surface area (Å²) in [6.45, 7) is 2.01. The second kappa shape index (κ2) is 10.5. The van der Waals surface area contributed by atoms with Gasteiger partial charge in [0.15, 0.2) is 0 Å². The molecule has 2 fully saturated rings. The molecular weight excluding hydrogens is 388 g/mol. The molecule has 2 aliphatic heterocycles. The summed E-state index contributed by atoms with van der Waals surface area (Å²) < 4.78 is 0. The third-order valence-electron chi connectivity index (χ3n) is 5.86. The number of rotatable bonds is 5. The van der Waals surface area contributed by atoms with E-state index >= 15 is 0 Å². The molecule has 2 heterocycles. The highest BCUT2D eigenvalue weighted by atomic mass is 35.5. The Hall–Kier alpha value is -0.990. The number of nitrogens with zero attached hydrogens (tertiary/aromatic N) is 2. The molecule has 3 rings (SSSR count). The van der Waals surface area contributed by atoms with Crippen LogP contribution >= 0.6 is 24.2 Å². The molecule has 0 bridgehead atoms. The number of hydrogen-bond donors (Lipinski definition) is 3. The van der Waals surface area contributed by atoms with Gasteiger partial charge < -0.3 is 15.7 Å². The molecule has 9 heteroatoms. The molecule has 2 amide bonds. The van der Waals surface area contributed by atoms with E-state index < -0.39 is 5.97 Å². The number of aliphatic carboxylic acids is 1. The lowest BCUT2D eigenvalue weighted by molar-refractivity contribution is -0.137. The number of carboxylic acid groups (broad SMARTS) is 1. The molecule has 0 aromatic carbocycles. The van der Waals surface area contributed by atoms with Crippen LogP contribution in [0.3, 0.4) is 0 Å². The Balaban J connectivity index is 0.00000261. The summed E-state index contributed by atoms with van der Waals surface area (Å²) in [6, 6.07) is -0.119. The normalized spacial score (nSPS) is 29.0. The fraction of sp³-hybridized carbons (Fsp3) is 0.833. The van der Waals surface area contributed by atoms with Crippen molar-refractivity contribution in [2.75, 3.05) is 20.1 Å². The van der Waals surface area contributed by atoms with Gasteiger partial charge in [-0.15, -0.1) is 12.4 Å². The Labute approximate surface area is 171 Å². The van der Waals surface area contributed by atoms with Crippen molar-refractivity contribution in [3.05, 3.63) is 0 Å². The van der Waals surface area contributed by atoms with Crippen LogP contribution in [0.4, 0.5) is 4.79 Å². The number of halogens is 1. The molecule has 3 aliphatic rings. The van der Waals surface area contributed by atoms with E-state index in [9.17, 15) is 9.59 Å². The first-order valence-electron chi connectivity index (χ1n) is 9.77. The summed E-state index contributed by atoms with van der Waals surface area (Å²) in [4.78, 5) is 23.1. The van der Waals surface area contributed by atoms with Crippen molar-refractivity contribution in [2.24, 2.45) is 22.9 Å². The van der Waals surface area contributed by atoms with E-state index in [1.54, 1.807) is 23.8 Å². The topological polar surface area (TPSA) is 94.0 Å². The predicted molar refractivity (Wildman–Crippen MR) is 110 cm³/mol. The fourth-order valence-corrected chi connectivity index (χ4v) is 5.78. The Kier molecular flexibility index (Phi) is 8.69. The zero-order valence-corrected chi connectivity index (χ0v) is 17.5. The second-order valence-corrected chi connectivity index (χ2v) is 8.72. The van der Waals surface area contributed by atoms with Gasteiger partial charge in [-0.25, -0.2) is 9.80 Å². The molecule has 7 nitrogen and oxygen atoms in total. The SMILES string of the molecule is CNC(=O)N1N=C([C@H]2CC[C@H](CCC(=O)O)CC2)SC1C1CCNCC1.Cl. The molecule has 3 N–H and O–H groups in total. The molecule has 1 unspecified atom stereocenters. The molecule has 27 heavy (non-hydrogen) atoms. The highest BCUT2D eigenvalue weighted by molar-refractivity contribution is 8.14. The Morgan fingerprint density at radius 3 is 2.48 bits per heavy atom. The summed E-state index contributed by atoms with van der Waals surface area (Å²) >= 11 is 1.79. The van der Waals surface area contributed by atoms with Gasteiger partial charge in [0.25, 0.3) is 0 Å². The van der Waals surface area contributed by atoms with Crippen LogP contribution in [-0.2, 0) is 4.79 Å². The van der Waals surface area contributed by atoms with Crippen LogP contribution in [0, 0.1) is 17.8 Å². The highest BCUT2D eigenvalue weighted by Gasteiger charge is 2.40. The average molecular weight is 419 g/mol. The smallest absolute Gasteiger partial charge is 0.338 e. The van der Waals surface area contributed by atoms with E-state index in [1.807, 2.05) is 0 Å². The van der Waals surface area contributed by atoms with Crippen molar-refractivity contribution in [2.45, 2.75) is 56.7 Å². The zero-order chi connectivity index (χ0) is 18.5. The maximum Gasteiger partial charge on any atom is 0.338 e. The van der Waals surface area contributed by atoms with Gasteiger partial charge in [-0.3, -0.25) is 4.79 Å². The van der Waals surface area contributed by atoms with E-state index in [1.165, 1.54) is 0 Å². The number of carbonyl (C=O) groups is 2. The second-order valence-electron chi connectivity index (χ2n) is 7.58. The van der Waals surface area contributed by atoms with Crippen LogP contribution in [0.2, 0.25) is 0 Å². The van der Waals surface area contributed by atoms with Gasteiger partial charge in [0.05, 0.1) is 5.04 Å². The van der Waals surface area contributed by atoms with Gasteiger partial charge in [-0.1, -0.05) is 11.8 Å². The highest BCUT2D eigenvalue weighted by Crippen LogP contribution is 2.42. The molecule has 1 saturated carbocycles. The lowest BCUT2D eigenvalue weighted by Crippen LogP contribution is -2.44. The maximum absolute atomic E-state index is 12.3. The third kappa shape index (κ3) is 5.74. The number of hydrazone groups is 1. The molecule has 1 aliphatic carbocycles. The minimum absolute atomic E-state index is 0. The van der Waals surface area contributed by atoms with E-state index in [-0.39, 0.29) is 30.2 Å². The van der Waals surface area contributed by atoms with Crippen molar-refractivity contribution in [3.8, 4) is 0 Å². The van der Waals surface area contributed by atoms with Gasteiger partial charge in [0.2, 0.25) is 0 Å². The first kappa shape index (κ1) is 22.3. The summed E-state index contributed by atoms with van der Waals surface area (Å²) in [5.74, 6) is 0.713. The van der Waals surface area contributed by atoms with Crippen LogP contribution in [0.15, 0.2) is 5.10 Å². The van der Waals surface area contributed by atoms with Crippen LogP contribution in [0.5, 0.6) is 0 Å². The number of urea groups is 1. The van der Waals surface area contributed by atoms with Gasteiger partial charge in [-0.2, -0.15) is 5.10 Å². The van der Waals surface area contributed by atoms with Crippen molar-refractivity contribution < 1.29 is 14.7 Å². The third-order valence-corrected chi connectivity index (χ3v) is 7.34. The van der Waals surface area contributed by atoms with Crippen LogP contribution in [0.25, 0.3) is 0 Å². The first-order valence-corrected chi connectivity index (χ1v) is 10.6. The van der Waals surface area contributed by atoms with E-state index in [0.717, 1.165) is 63.1 Å². The molecule has 1 atom stereocenters. The van der Waals surface area contributed by atoms with Crippen LogP contribution in [0.1, 0.15) is 51.4 Å². The lowest BCUT2D eigenvalue weighted by Gasteiger charge is -2.31. The summed E-state index contributed by atoms with van der Waals surface area (Å²) in [7, 11) is 1.66. The Bertz CT molecular complexity index is 549. The number of carboxylic acids is 1. The number of thioether (sulfide) groups is 1. The number of nitrogens with one attached hydrogen (secondary N) is 2. The van der Waals surface area contributed by atoms with Crippen LogP contribution < -0.4 is 10.6 Å². The minimum Gasteiger partial charge on any atom is -0.481 e. The number of carbonyl (C=O) groups excluding carboxylic acids is 1.